The molecule has 0 saturated carbocycles. The summed E-state index contributed by atoms with van der Waals surface area (Å²) in [5.74, 6) is 0. The fraction of sp³-hybridized carbons (Fsp3) is 1.00. The van der Waals surface area contributed by atoms with Gasteiger partial charge in [0.15, 0.2) is 0 Å². The molecule has 1 atom stereocenters. The van der Waals surface area contributed by atoms with Crippen LogP contribution < -0.4 is 0 Å². The first-order valence-electron chi connectivity index (χ1n) is 5.54. The number of halogens is 1. The van der Waals surface area contributed by atoms with Gasteiger partial charge in [-0.15, -0.1) is 0 Å². The molecule has 0 bridgehead atoms. The molecule has 1 unspecified atom stereocenters. The van der Waals surface area contributed by atoms with Crippen LogP contribution in [0.15, 0.2) is 0 Å². The van der Waals surface area contributed by atoms with E-state index < -0.39 is 0 Å². The van der Waals surface area contributed by atoms with Crippen molar-refractivity contribution in [3.05, 3.63) is 0 Å². The van der Waals surface area contributed by atoms with Crippen LogP contribution in [0.5, 0.6) is 0 Å². The highest BCUT2D eigenvalue weighted by Crippen LogP contribution is 2.29. The molecule has 0 aromatic carbocycles. The lowest BCUT2D eigenvalue weighted by Gasteiger charge is -2.38. The van der Waals surface area contributed by atoms with E-state index >= 15 is 0 Å². The first-order chi connectivity index (χ1) is 6.72. The van der Waals surface area contributed by atoms with Crippen LogP contribution >= 0.6 is 22.6 Å². The summed E-state index contributed by atoms with van der Waals surface area (Å²) in [6.07, 6.45) is 4.88. The topological polar surface area (TPSA) is 18.5 Å². The van der Waals surface area contributed by atoms with Crippen molar-refractivity contribution in [1.29, 1.82) is 0 Å². The molecule has 1 heterocycles. The number of ether oxygens (including phenoxy) is 2. The third-order valence-corrected chi connectivity index (χ3v) is 4.18. The van der Waals surface area contributed by atoms with Crippen LogP contribution in [-0.4, -0.2) is 29.3 Å². The summed E-state index contributed by atoms with van der Waals surface area (Å²) in [5, 5.41) is 0. The second-order valence-electron chi connectivity index (χ2n) is 4.15. The fourth-order valence-corrected chi connectivity index (χ4v) is 2.86. The predicted molar refractivity (Wildman–Crippen MR) is 67.1 cm³/mol. The highest BCUT2D eigenvalue weighted by atomic mass is 127. The maximum Gasteiger partial charge on any atom is 0.0818 e. The van der Waals surface area contributed by atoms with Crippen LogP contribution in [0.2, 0.25) is 0 Å². The molecule has 0 aromatic heterocycles. The van der Waals surface area contributed by atoms with Gasteiger partial charge in [0, 0.05) is 30.5 Å². The Kier molecular flexibility index (Phi) is 5.71. The monoisotopic (exact) mass is 312 g/mol. The summed E-state index contributed by atoms with van der Waals surface area (Å²) in [4.78, 5) is 0. The van der Waals surface area contributed by atoms with Gasteiger partial charge in [-0.25, -0.2) is 0 Å². The zero-order valence-electron chi connectivity index (χ0n) is 9.22. The second kappa shape index (κ2) is 6.28. The summed E-state index contributed by atoms with van der Waals surface area (Å²) in [6, 6.07) is 0. The molecular formula is C11H21IO2. The van der Waals surface area contributed by atoms with E-state index in [2.05, 4.69) is 36.4 Å². The van der Waals surface area contributed by atoms with Gasteiger partial charge in [0.05, 0.1) is 11.7 Å². The van der Waals surface area contributed by atoms with Crippen LogP contribution in [0.1, 0.15) is 39.5 Å². The van der Waals surface area contributed by atoms with E-state index in [-0.39, 0.29) is 5.60 Å². The first-order valence-corrected chi connectivity index (χ1v) is 7.06. The Morgan fingerprint density at radius 2 is 2.07 bits per heavy atom. The maximum absolute atomic E-state index is 6.18. The third-order valence-electron chi connectivity index (χ3n) is 2.79. The van der Waals surface area contributed by atoms with E-state index in [0.29, 0.717) is 6.10 Å². The minimum absolute atomic E-state index is 0.105. The molecule has 0 aliphatic carbocycles. The van der Waals surface area contributed by atoms with Crippen molar-refractivity contribution < 1.29 is 9.47 Å². The maximum atomic E-state index is 6.18. The smallest absolute Gasteiger partial charge is 0.0818 e. The lowest BCUT2D eigenvalue weighted by atomic mass is 9.96. The summed E-state index contributed by atoms with van der Waals surface area (Å²) in [5.41, 5.74) is 0.105. The summed E-state index contributed by atoms with van der Waals surface area (Å²) in [6.45, 7) is 6.12. The Bertz CT molecular complexity index is 155. The molecule has 1 aliphatic rings. The van der Waals surface area contributed by atoms with Crippen LogP contribution in [0.3, 0.4) is 0 Å². The van der Waals surface area contributed by atoms with Crippen LogP contribution in [0.4, 0.5) is 0 Å². The van der Waals surface area contributed by atoms with E-state index in [1.54, 1.807) is 0 Å². The minimum atomic E-state index is 0.105. The van der Waals surface area contributed by atoms with E-state index in [1.165, 1.54) is 12.8 Å². The predicted octanol–water partition coefficient (Wildman–Crippen LogP) is 3.18. The van der Waals surface area contributed by atoms with Crippen molar-refractivity contribution >= 4 is 22.6 Å². The van der Waals surface area contributed by atoms with Crippen molar-refractivity contribution in [3.63, 3.8) is 0 Å². The van der Waals surface area contributed by atoms with Crippen LogP contribution in [0, 0.1) is 0 Å². The van der Waals surface area contributed by atoms with Gasteiger partial charge in [0.1, 0.15) is 0 Å². The Hall–Kier alpha value is 0.650. The average Bonchev–Trinajstić information content (AvgIpc) is 2.19. The minimum Gasteiger partial charge on any atom is -0.381 e. The van der Waals surface area contributed by atoms with Gasteiger partial charge in [-0.3, -0.25) is 0 Å². The van der Waals surface area contributed by atoms with Gasteiger partial charge in [0.25, 0.3) is 0 Å². The summed E-state index contributed by atoms with van der Waals surface area (Å²) in [7, 11) is 0. The normalized spacial score (nSPS) is 23.4. The van der Waals surface area contributed by atoms with E-state index in [9.17, 15) is 0 Å². The van der Waals surface area contributed by atoms with Crippen molar-refractivity contribution in [3.8, 4) is 0 Å². The average molecular weight is 312 g/mol. The largest absolute Gasteiger partial charge is 0.381 e. The van der Waals surface area contributed by atoms with Gasteiger partial charge in [0.2, 0.25) is 0 Å². The molecule has 2 nitrogen and oxygen atoms in total. The van der Waals surface area contributed by atoms with Crippen LogP contribution in [0.25, 0.3) is 0 Å². The van der Waals surface area contributed by atoms with E-state index in [4.69, 9.17) is 9.47 Å². The third kappa shape index (κ3) is 3.66. The lowest BCUT2D eigenvalue weighted by molar-refractivity contribution is -0.124. The zero-order valence-corrected chi connectivity index (χ0v) is 11.4. The highest BCUT2D eigenvalue weighted by molar-refractivity contribution is 14.1. The quantitative estimate of drug-likeness (QED) is 0.573. The molecule has 0 aromatic rings. The molecule has 1 saturated heterocycles. The molecule has 1 rings (SSSR count). The molecule has 0 spiro atoms. The van der Waals surface area contributed by atoms with Gasteiger partial charge in [-0.05, 0) is 13.3 Å². The Morgan fingerprint density at radius 3 is 2.57 bits per heavy atom. The number of hydrogen-bond acceptors (Lipinski definition) is 2. The molecule has 14 heavy (non-hydrogen) atoms. The van der Waals surface area contributed by atoms with E-state index in [1.807, 2.05) is 0 Å². The molecule has 3 heteroatoms. The Morgan fingerprint density at radius 1 is 1.43 bits per heavy atom. The molecule has 0 amide bonds. The Balaban J connectivity index is 2.42. The zero-order chi connectivity index (χ0) is 10.4. The molecule has 84 valence electrons. The second-order valence-corrected chi connectivity index (χ2v) is 4.91. The van der Waals surface area contributed by atoms with E-state index in [0.717, 1.165) is 30.5 Å². The first kappa shape index (κ1) is 12.7. The van der Waals surface area contributed by atoms with Gasteiger partial charge in [-0.1, -0.05) is 35.9 Å². The molecule has 0 radical (unpaired) electrons. The SMILES string of the molecule is CCCC(C)OC1(CI)CCOCC1. The number of rotatable bonds is 5. The highest BCUT2D eigenvalue weighted by Gasteiger charge is 2.33. The number of hydrogen-bond donors (Lipinski definition) is 0. The van der Waals surface area contributed by atoms with Crippen molar-refractivity contribution in [2.24, 2.45) is 0 Å². The Labute approximate surface area is 101 Å². The summed E-state index contributed by atoms with van der Waals surface area (Å²) < 4.78 is 12.7. The molecule has 1 aliphatic heterocycles. The van der Waals surface area contributed by atoms with Crippen molar-refractivity contribution in [1.82, 2.24) is 0 Å². The van der Waals surface area contributed by atoms with Gasteiger partial charge < -0.3 is 9.47 Å². The van der Waals surface area contributed by atoms with Gasteiger partial charge >= 0.3 is 0 Å². The molecular weight excluding hydrogens is 291 g/mol. The molecule has 0 N–H and O–H groups in total. The van der Waals surface area contributed by atoms with Gasteiger partial charge in [-0.2, -0.15) is 0 Å². The van der Waals surface area contributed by atoms with Crippen molar-refractivity contribution in [2.75, 3.05) is 17.6 Å². The molecule has 1 fully saturated rings. The fourth-order valence-electron chi connectivity index (χ4n) is 1.92. The number of alkyl halides is 1. The van der Waals surface area contributed by atoms with Crippen molar-refractivity contribution in [2.45, 2.75) is 51.2 Å². The lowest BCUT2D eigenvalue weighted by Crippen LogP contribution is -2.43. The van der Waals surface area contributed by atoms with Crippen LogP contribution in [-0.2, 0) is 9.47 Å². The summed E-state index contributed by atoms with van der Waals surface area (Å²) >= 11 is 2.44. The standard InChI is InChI=1S/C11H21IO2/c1-3-4-10(2)14-11(9-12)5-7-13-8-6-11/h10H,3-9H2,1-2H3.